The molecule has 0 unspecified atom stereocenters. The summed E-state index contributed by atoms with van der Waals surface area (Å²) >= 11 is 1.29. The number of carbonyl (C=O) groups is 1. The number of amides is 1. The highest BCUT2D eigenvalue weighted by molar-refractivity contribution is 8.03. The molecule has 0 bridgehead atoms. The molecule has 6 heteroatoms. The monoisotopic (exact) mass is 380 g/mol. The van der Waals surface area contributed by atoms with Gasteiger partial charge in [-0.05, 0) is 24.6 Å². The zero-order chi connectivity index (χ0) is 19.2. The van der Waals surface area contributed by atoms with E-state index >= 15 is 0 Å². The third-order valence-electron chi connectivity index (χ3n) is 5.08. The zero-order valence-electron chi connectivity index (χ0n) is 14.6. The standard InChI is InChI=1S/C21H17FN2O2S/c1-13-5-7-15(8-6-13)21(26)12-27-20-18(11-23)17(10-19(25)24(20)21)14-3-2-4-16(22)9-14/h2-9,17,26H,10,12H2,1H3/t17-,21+/m1/s1. The van der Waals surface area contributed by atoms with Crippen LogP contribution in [-0.2, 0) is 10.5 Å². The maximum Gasteiger partial charge on any atom is 0.231 e. The average molecular weight is 380 g/mol. The van der Waals surface area contributed by atoms with Crippen LogP contribution in [0.5, 0.6) is 0 Å². The second-order valence-electron chi connectivity index (χ2n) is 6.84. The van der Waals surface area contributed by atoms with Gasteiger partial charge in [0.05, 0.1) is 22.4 Å². The number of carbonyl (C=O) groups excluding carboxylic acids is 1. The molecule has 2 aromatic rings. The Morgan fingerprint density at radius 1 is 1.30 bits per heavy atom. The molecule has 1 saturated heterocycles. The quantitative estimate of drug-likeness (QED) is 0.861. The van der Waals surface area contributed by atoms with E-state index in [9.17, 15) is 19.6 Å². The van der Waals surface area contributed by atoms with E-state index in [2.05, 4.69) is 6.07 Å². The van der Waals surface area contributed by atoms with E-state index in [1.807, 2.05) is 19.1 Å². The Morgan fingerprint density at radius 3 is 2.70 bits per heavy atom. The molecule has 1 fully saturated rings. The molecule has 2 aromatic carbocycles. The van der Waals surface area contributed by atoms with E-state index in [1.165, 1.54) is 28.8 Å². The first-order valence-electron chi connectivity index (χ1n) is 8.59. The summed E-state index contributed by atoms with van der Waals surface area (Å²) in [6.45, 7) is 1.95. The minimum absolute atomic E-state index is 0.0184. The Kier molecular flexibility index (Phi) is 4.29. The molecule has 0 saturated carbocycles. The van der Waals surface area contributed by atoms with Crippen LogP contribution in [0.4, 0.5) is 4.39 Å². The molecular formula is C21H17FN2O2S. The molecular weight excluding hydrogens is 363 g/mol. The number of fused-ring (bicyclic) bond motifs is 1. The van der Waals surface area contributed by atoms with Crippen molar-refractivity contribution in [2.24, 2.45) is 0 Å². The van der Waals surface area contributed by atoms with Crippen LogP contribution >= 0.6 is 11.8 Å². The van der Waals surface area contributed by atoms with Gasteiger partial charge in [-0.2, -0.15) is 5.26 Å². The molecule has 0 aromatic heterocycles. The largest absolute Gasteiger partial charge is 0.366 e. The van der Waals surface area contributed by atoms with Crippen molar-refractivity contribution in [1.82, 2.24) is 4.90 Å². The van der Waals surface area contributed by atoms with Crippen LogP contribution in [0.25, 0.3) is 0 Å². The van der Waals surface area contributed by atoms with Crippen molar-refractivity contribution in [3.8, 4) is 6.07 Å². The highest BCUT2D eigenvalue weighted by Crippen LogP contribution is 2.51. The number of halogens is 1. The van der Waals surface area contributed by atoms with Crippen LogP contribution in [0.2, 0.25) is 0 Å². The number of aryl methyl sites for hydroxylation is 1. The van der Waals surface area contributed by atoms with E-state index in [0.29, 0.717) is 21.7 Å². The Labute approximate surface area is 160 Å². The van der Waals surface area contributed by atoms with E-state index < -0.39 is 17.5 Å². The minimum atomic E-state index is -1.49. The first kappa shape index (κ1) is 17.8. The fourth-order valence-corrected chi connectivity index (χ4v) is 5.03. The summed E-state index contributed by atoms with van der Waals surface area (Å²) < 4.78 is 13.7. The predicted octanol–water partition coefficient (Wildman–Crippen LogP) is 3.78. The topological polar surface area (TPSA) is 64.3 Å². The van der Waals surface area contributed by atoms with E-state index in [4.69, 9.17) is 0 Å². The van der Waals surface area contributed by atoms with Crippen LogP contribution in [0.3, 0.4) is 0 Å². The maximum absolute atomic E-state index is 13.7. The molecule has 2 aliphatic heterocycles. The van der Waals surface area contributed by atoms with Gasteiger partial charge in [0.2, 0.25) is 5.91 Å². The SMILES string of the molecule is Cc1ccc([C@@]2(O)CSC3=C(C#N)[C@@H](c4cccc(F)c4)CC(=O)N32)cc1. The van der Waals surface area contributed by atoms with Crippen LogP contribution < -0.4 is 0 Å². The number of benzene rings is 2. The van der Waals surface area contributed by atoms with Gasteiger partial charge in [0, 0.05) is 17.9 Å². The van der Waals surface area contributed by atoms with Crippen molar-refractivity contribution >= 4 is 17.7 Å². The fraction of sp³-hybridized carbons (Fsp3) is 0.238. The molecule has 0 radical (unpaired) electrons. The maximum atomic E-state index is 13.7. The van der Waals surface area contributed by atoms with Crippen molar-refractivity contribution in [2.45, 2.75) is 25.0 Å². The number of nitriles is 1. The molecule has 4 rings (SSSR count). The van der Waals surface area contributed by atoms with Gasteiger partial charge >= 0.3 is 0 Å². The van der Waals surface area contributed by atoms with Gasteiger partial charge in [-0.1, -0.05) is 42.0 Å². The van der Waals surface area contributed by atoms with Crippen LogP contribution in [0.15, 0.2) is 59.1 Å². The molecule has 1 N–H and O–H groups in total. The number of hydrogen-bond acceptors (Lipinski definition) is 4. The Morgan fingerprint density at radius 2 is 2.04 bits per heavy atom. The summed E-state index contributed by atoms with van der Waals surface area (Å²) in [7, 11) is 0. The Bertz CT molecular complexity index is 996. The summed E-state index contributed by atoms with van der Waals surface area (Å²) in [6.07, 6.45) is 0.0184. The molecule has 27 heavy (non-hydrogen) atoms. The molecule has 2 atom stereocenters. The van der Waals surface area contributed by atoms with E-state index in [0.717, 1.165) is 5.56 Å². The van der Waals surface area contributed by atoms with Crippen molar-refractivity contribution in [2.75, 3.05) is 5.75 Å². The molecule has 0 spiro atoms. The molecule has 4 nitrogen and oxygen atoms in total. The Hall–Kier alpha value is -2.62. The van der Waals surface area contributed by atoms with Gasteiger partial charge in [-0.15, -0.1) is 11.8 Å². The van der Waals surface area contributed by atoms with Gasteiger partial charge in [-0.25, -0.2) is 4.39 Å². The number of hydrogen-bond donors (Lipinski definition) is 1. The second-order valence-corrected chi connectivity index (χ2v) is 7.81. The lowest BCUT2D eigenvalue weighted by atomic mass is 9.85. The number of thioether (sulfide) groups is 1. The number of rotatable bonds is 2. The summed E-state index contributed by atoms with van der Waals surface area (Å²) in [5.41, 5.74) is 1.18. The number of allylic oxidation sites excluding steroid dienone is 1. The molecule has 136 valence electrons. The summed E-state index contributed by atoms with van der Waals surface area (Å²) in [6, 6.07) is 15.6. The molecule has 2 heterocycles. The van der Waals surface area contributed by atoms with Gasteiger partial charge in [0.15, 0.2) is 5.72 Å². The second kappa shape index (κ2) is 6.52. The van der Waals surface area contributed by atoms with Crippen molar-refractivity contribution in [1.29, 1.82) is 5.26 Å². The highest BCUT2D eigenvalue weighted by atomic mass is 32.2. The Balaban J connectivity index is 1.81. The first-order chi connectivity index (χ1) is 12.9. The minimum Gasteiger partial charge on any atom is -0.366 e. The third-order valence-corrected chi connectivity index (χ3v) is 6.30. The van der Waals surface area contributed by atoms with Crippen molar-refractivity contribution < 1.29 is 14.3 Å². The van der Waals surface area contributed by atoms with Gasteiger partial charge < -0.3 is 5.11 Å². The summed E-state index contributed by atoms with van der Waals surface area (Å²) in [4.78, 5) is 14.3. The number of aliphatic hydroxyl groups is 1. The van der Waals surface area contributed by atoms with Crippen LogP contribution in [0, 0.1) is 24.1 Å². The molecule has 0 aliphatic carbocycles. The first-order valence-corrected chi connectivity index (χ1v) is 9.57. The normalized spacial score (nSPS) is 24.7. The van der Waals surface area contributed by atoms with E-state index in [-0.39, 0.29) is 18.1 Å². The molecule has 1 amide bonds. The summed E-state index contributed by atoms with van der Waals surface area (Å²) in [5.74, 6) is -0.929. The number of nitrogens with zero attached hydrogens (tertiary/aromatic N) is 2. The lowest BCUT2D eigenvalue weighted by molar-refractivity contribution is -0.149. The van der Waals surface area contributed by atoms with Crippen LogP contribution in [-0.4, -0.2) is 21.7 Å². The lowest BCUT2D eigenvalue weighted by Gasteiger charge is -2.38. The van der Waals surface area contributed by atoms with Gasteiger partial charge in [0.25, 0.3) is 0 Å². The van der Waals surface area contributed by atoms with Crippen LogP contribution in [0.1, 0.15) is 29.0 Å². The zero-order valence-corrected chi connectivity index (χ0v) is 15.5. The lowest BCUT2D eigenvalue weighted by Crippen LogP contribution is -2.48. The fourth-order valence-electron chi connectivity index (χ4n) is 3.67. The smallest absolute Gasteiger partial charge is 0.231 e. The highest BCUT2D eigenvalue weighted by Gasteiger charge is 2.51. The van der Waals surface area contributed by atoms with Gasteiger partial charge in [0.1, 0.15) is 5.82 Å². The summed E-state index contributed by atoms with van der Waals surface area (Å²) in [5, 5.41) is 21.5. The van der Waals surface area contributed by atoms with Gasteiger partial charge in [-0.3, -0.25) is 9.69 Å². The van der Waals surface area contributed by atoms with Crippen molar-refractivity contribution in [3.63, 3.8) is 0 Å². The van der Waals surface area contributed by atoms with Crippen molar-refractivity contribution in [3.05, 3.63) is 81.6 Å². The average Bonchev–Trinajstić information content (AvgIpc) is 3.01. The third kappa shape index (κ3) is 2.84. The predicted molar refractivity (Wildman–Crippen MR) is 101 cm³/mol. The molecule has 2 aliphatic rings. The van der Waals surface area contributed by atoms with E-state index in [1.54, 1.807) is 24.3 Å².